The summed E-state index contributed by atoms with van der Waals surface area (Å²) < 4.78 is 0. The number of nitrogens with zero attached hydrogens (tertiary/aromatic N) is 1. The first-order valence-corrected chi connectivity index (χ1v) is 6.16. The number of hydrogen-bond donors (Lipinski definition) is 2. The van der Waals surface area contributed by atoms with Crippen LogP contribution in [-0.4, -0.2) is 11.0 Å². The van der Waals surface area contributed by atoms with Gasteiger partial charge in [-0.15, -0.1) is 0 Å². The molecule has 3 N–H and O–H groups in total. The van der Waals surface area contributed by atoms with Gasteiger partial charge in [0.25, 0.3) is 5.91 Å². The van der Waals surface area contributed by atoms with Gasteiger partial charge in [0.1, 0.15) is 0 Å². The summed E-state index contributed by atoms with van der Waals surface area (Å²) in [6.45, 7) is 0. The van der Waals surface area contributed by atoms with E-state index in [1.165, 1.54) is 18.2 Å². The highest BCUT2D eigenvalue weighted by Crippen LogP contribution is 2.34. The Kier molecular flexibility index (Phi) is 3.75. The molecule has 1 amide bonds. The molecule has 0 fully saturated rings. The van der Waals surface area contributed by atoms with E-state index in [0.29, 0.717) is 11.1 Å². The fraction of sp³-hybridized carbons (Fsp3) is 0.0667. The lowest BCUT2D eigenvalue weighted by Crippen LogP contribution is -2.42. The first kappa shape index (κ1) is 14.1. The monoisotopic (exact) mass is 286 g/mol. The number of carbonyl (C=O) groups is 1. The molecule has 5 heteroatoms. The summed E-state index contributed by atoms with van der Waals surface area (Å²) in [5.74, 6) is -0.935. The predicted molar refractivity (Wildman–Crippen MR) is 74.8 cm³/mol. The highest BCUT2D eigenvalue weighted by atomic mass is 35.5. The third kappa shape index (κ3) is 2.25. The Morgan fingerprint density at radius 3 is 2.40 bits per heavy atom. The average Bonchev–Trinajstić information content (AvgIpc) is 2.47. The molecule has 0 saturated heterocycles. The Hall–Kier alpha value is -2.35. The van der Waals surface area contributed by atoms with Crippen molar-refractivity contribution in [1.29, 1.82) is 5.26 Å². The average molecular weight is 287 g/mol. The molecular formula is C15H11ClN2O2. The normalized spacial score (nSPS) is 13.2. The molecule has 100 valence electrons. The van der Waals surface area contributed by atoms with Crippen molar-refractivity contribution in [3.05, 3.63) is 70.2 Å². The summed E-state index contributed by atoms with van der Waals surface area (Å²) in [5, 5.41) is 19.7. The van der Waals surface area contributed by atoms with Gasteiger partial charge in [0.15, 0.2) is 5.60 Å². The molecule has 0 heterocycles. The number of rotatable bonds is 3. The molecule has 2 aromatic rings. The highest BCUT2D eigenvalue weighted by Gasteiger charge is 2.39. The van der Waals surface area contributed by atoms with Crippen LogP contribution in [0.4, 0.5) is 0 Å². The third-order valence-electron chi connectivity index (χ3n) is 3.04. The molecule has 1 unspecified atom stereocenters. The minimum absolute atomic E-state index is 0.106. The van der Waals surface area contributed by atoms with E-state index >= 15 is 0 Å². The lowest BCUT2D eigenvalue weighted by molar-refractivity contribution is -0.133. The molecule has 4 nitrogen and oxygen atoms in total. The van der Waals surface area contributed by atoms with E-state index in [2.05, 4.69) is 0 Å². The number of aliphatic hydroxyl groups is 1. The molecule has 0 aliphatic carbocycles. The zero-order valence-electron chi connectivity index (χ0n) is 10.4. The highest BCUT2D eigenvalue weighted by molar-refractivity contribution is 6.32. The largest absolute Gasteiger partial charge is 0.372 e. The van der Waals surface area contributed by atoms with Crippen molar-refractivity contribution >= 4 is 17.5 Å². The van der Waals surface area contributed by atoms with Gasteiger partial charge in [-0.2, -0.15) is 5.26 Å². The van der Waals surface area contributed by atoms with Gasteiger partial charge in [-0.25, -0.2) is 0 Å². The lowest BCUT2D eigenvalue weighted by atomic mass is 9.85. The maximum atomic E-state index is 11.8. The molecule has 0 saturated carbocycles. The lowest BCUT2D eigenvalue weighted by Gasteiger charge is -2.26. The number of hydrogen-bond acceptors (Lipinski definition) is 3. The van der Waals surface area contributed by atoms with Crippen LogP contribution >= 0.6 is 11.6 Å². The van der Waals surface area contributed by atoms with Gasteiger partial charge in [0, 0.05) is 10.6 Å². The summed E-state index contributed by atoms with van der Waals surface area (Å²) in [6.07, 6.45) is 0. The first-order valence-electron chi connectivity index (χ1n) is 5.78. The van der Waals surface area contributed by atoms with E-state index < -0.39 is 11.5 Å². The van der Waals surface area contributed by atoms with Crippen LogP contribution in [0, 0.1) is 11.3 Å². The van der Waals surface area contributed by atoms with Crippen LogP contribution in [0.1, 0.15) is 16.7 Å². The zero-order chi connectivity index (χ0) is 14.8. The van der Waals surface area contributed by atoms with Crippen molar-refractivity contribution in [2.24, 2.45) is 5.73 Å². The second kappa shape index (κ2) is 5.33. The summed E-state index contributed by atoms with van der Waals surface area (Å²) in [5.41, 5.74) is 4.13. The van der Waals surface area contributed by atoms with Crippen LogP contribution in [0.15, 0.2) is 48.5 Å². The smallest absolute Gasteiger partial charge is 0.258 e. The summed E-state index contributed by atoms with van der Waals surface area (Å²) in [6, 6.07) is 14.5. The van der Waals surface area contributed by atoms with Gasteiger partial charge in [-0.05, 0) is 17.7 Å². The van der Waals surface area contributed by atoms with E-state index in [1.54, 1.807) is 30.3 Å². The molecule has 20 heavy (non-hydrogen) atoms. The standard InChI is InChI=1S/C15H11ClN2O2/c16-13-8-10(9-17)6-7-12(13)15(20,14(18)19)11-4-2-1-3-5-11/h1-8,20H,(H2,18,19). The fourth-order valence-electron chi connectivity index (χ4n) is 1.99. The van der Waals surface area contributed by atoms with Crippen LogP contribution in [0.3, 0.4) is 0 Å². The van der Waals surface area contributed by atoms with E-state index in [4.69, 9.17) is 22.6 Å². The van der Waals surface area contributed by atoms with Crippen molar-refractivity contribution in [2.45, 2.75) is 5.60 Å². The minimum Gasteiger partial charge on any atom is -0.372 e. The number of halogens is 1. The Bertz CT molecular complexity index is 695. The molecular weight excluding hydrogens is 276 g/mol. The Labute approximate surface area is 121 Å². The second-order valence-electron chi connectivity index (χ2n) is 4.25. The first-order chi connectivity index (χ1) is 9.50. The fourth-order valence-corrected chi connectivity index (χ4v) is 2.31. The maximum Gasteiger partial charge on any atom is 0.258 e. The van der Waals surface area contributed by atoms with Crippen LogP contribution in [0.5, 0.6) is 0 Å². The van der Waals surface area contributed by atoms with Crippen LogP contribution in [0.2, 0.25) is 5.02 Å². The molecule has 2 aromatic carbocycles. The number of benzene rings is 2. The zero-order valence-corrected chi connectivity index (χ0v) is 11.1. The Morgan fingerprint density at radius 2 is 1.90 bits per heavy atom. The van der Waals surface area contributed by atoms with Crippen LogP contribution in [0.25, 0.3) is 0 Å². The molecule has 0 aromatic heterocycles. The topological polar surface area (TPSA) is 87.1 Å². The predicted octanol–water partition coefficient (Wildman–Crippen LogP) is 1.93. The molecule has 1 atom stereocenters. The molecule has 0 aliphatic heterocycles. The SMILES string of the molecule is N#Cc1ccc(C(O)(C(N)=O)c2ccccc2)c(Cl)c1. The second-order valence-corrected chi connectivity index (χ2v) is 4.65. The summed E-state index contributed by atoms with van der Waals surface area (Å²) >= 11 is 6.07. The van der Waals surface area contributed by atoms with E-state index in [0.717, 1.165) is 0 Å². The third-order valence-corrected chi connectivity index (χ3v) is 3.35. The van der Waals surface area contributed by atoms with Gasteiger partial charge in [0.05, 0.1) is 11.6 Å². The Morgan fingerprint density at radius 1 is 1.25 bits per heavy atom. The van der Waals surface area contributed by atoms with Crippen molar-refractivity contribution in [3.8, 4) is 6.07 Å². The van der Waals surface area contributed by atoms with E-state index in [9.17, 15) is 9.90 Å². The van der Waals surface area contributed by atoms with Crippen molar-refractivity contribution < 1.29 is 9.90 Å². The number of carbonyl (C=O) groups excluding carboxylic acids is 1. The molecule has 0 spiro atoms. The van der Waals surface area contributed by atoms with Crippen LogP contribution < -0.4 is 5.73 Å². The number of primary amides is 1. The molecule has 0 radical (unpaired) electrons. The van der Waals surface area contributed by atoms with Gasteiger partial charge >= 0.3 is 0 Å². The molecule has 0 bridgehead atoms. The number of nitrogens with two attached hydrogens (primary N) is 1. The number of amides is 1. The minimum atomic E-state index is -2.04. The quantitative estimate of drug-likeness (QED) is 0.904. The molecule has 0 aliphatic rings. The van der Waals surface area contributed by atoms with Gasteiger partial charge in [-0.1, -0.05) is 48.0 Å². The van der Waals surface area contributed by atoms with Crippen molar-refractivity contribution in [2.75, 3.05) is 0 Å². The summed E-state index contributed by atoms with van der Waals surface area (Å²) in [4.78, 5) is 11.8. The van der Waals surface area contributed by atoms with E-state index in [-0.39, 0.29) is 10.6 Å². The maximum absolute atomic E-state index is 11.8. The Balaban J connectivity index is 2.67. The number of nitriles is 1. The van der Waals surface area contributed by atoms with Gasteiger partial charge < -0.3 is 10.8 Å². The van der Waals surface area contributed by atoms with Gasteiger partial charge in [-0.3, -0.25) is 4.79 Å². The summed E-state index contributed by atoms with van der Waals surface area (Å²) in [7, 11) is 0. The van der Waals surface area contributed by atoms with Crippen LogP contribution in [-0.2, 0) is 10.4 Å². The van der Waals surface area contributed by atoms with Gasteiger partial charge in [0.2, 0.25) is 0 Å². The van der Waals surface area contributed by atoms with Crippen molar-refractivity contribution in [3.63, 3.8) is 0 Å². The molecule has 2 rings (SSSR count). The van der Waals surface area contributed by atoms with Crippen molar-refractivity contribution in [1.82, 2.24) is 0 Å². The van der Waals surface area contributed by atoms with E-state index in [1.807, 2.05) is 6.07 Å².